The Morgan fingerprint density at radius 2 is 2.43 bits per heavy atom. The second-order valence-corrected chi connectivity index (χ2v) is 4.33. The molecule has 0 aliphatic carbocycles. The van der Waals surface area contributed by atoms with Crippen molar-refractivity contribution in [3.63, 3.8) is 0 Å². The van der Waals surface area contributed by atoms with Crippen molar-refractivity contribution in [3.05, 3.63) is 5.82 Å². The van der Waals surface area contributed by atoms with Gasteiger partial charge in [-0.25, -0.2) is 10.0 Å². The molecule has 1 atom stereocenters. The molecule has 2 rings (SSSR count). The molecule has 2 heterocycles. The van der Waals surface area contributed by atoms with E-state index in [0.29, 0.717) is 19.1 Å². The van der Waals surface area contributed by atoms with Gasteiger partial charge in [0.1, 0.15) is 12.4 Å². The van der Waals surface area contributed by atoms with Crippen molar-refractivity contribution < 1.29 is 9.94 Å². The number of hydrogen-bond donors (Lipinski definition) is 1. The third kappa shape index (κ3) is 1.87. The minimum atomic E-state index is -0.415. The largest absolute Gasteiger partial charge is 0.389 e. The summed E-state index contributed by atoms with van der Waals surface area (Å²) < 4.78 is 4.21. The minimum absolute atomic E-state index is 0.326. The van der Waals surface area contributed by atoms with Crippen LogP contribution in [-0.4, -0.2) is 33.7 Å². The summed E-state index contributed by atoms with van der Waals surface area (Å²) >= 11 is 1.31. The molecule has 78 valence electrons. The first kappa shape index (κ1) is 9.82. The summed E-state index contributed by atoms with van der Waals surface area (Å²) in [6.45, 7) is 4.92. The number of hydrogen-bond acceptors (Lipinski definition) is 6. The molecule has 0 bridgehead atoms. The van der Waals surface area contributed by atoms with Gasteiger partial charge in [-0.15, -0.1) is 0 Å². The Morgan fingerprint density at radius 1 is 1.64 bits per heavy atom. The number of hydroxylamine groups is 1. The van der Waals surface area contributed by atoms with Crippen LogP contribution < -0.4 is 5.06 Å². The molecule has 0 radical (unpaired) electrons. The molecule has 14 heavy (non-hydrogen) atoms. The highest BCUT2D eigenvalue weighted by Crippen LogP contribution is 2.23. The number of nitrogens with zero attached hydrogens (tertiary/aromatic N) is 3. The second-order valence-electron chi connectivity index (χ2n) is 3.60. The lowest BCUT2D eigenvalue weighted by Gasteiger charge is -2.09. The first-order valence-electron chi connectivity index (χ1n) is 4.59. The smallest absolute Gasteiger partial charge is 0.229 e. The van der Waals surface area contributed by atoms with Crippen molar-refractivity contribution in [1.29, 1.82) is 0 Å². The van der Waals surface area contributed by atoms with Gasteiger partial charge in [0.05, 0.1) is 12.6 Å². The molecule has 1 unspecified atom stereocenters. The molecular formula is C8H13N3O2S. The number of aliphatic hydroxyl groups is 1. The van der Waals surface area contributed by atoms with E-state index in [9.17, 15) is 5.11 Å². The van der Waals surface area contributed by atoms with Gasteiger partial charge in [0.25, 0.3) is 0 Å². The van der Waals surface area contributed by atoms with E-state index in [2.05, 4.69) is 9.36 Å². The van der Waals surface area contributed by atoms with Gasteiger partial charge in [-0.1, -0.05) is 13.8 Å². The Balaban J connectivity index is 2.09. The Morgan fingerprint density at radius 3 is 2.93 bits per heavy atom. The van der Waals surface area contributed by atoms with Gasteiger partial charge in [-0.2, -0.15) is 4.37 Å². The van der Waals surface area contributed by atoms with Crippen LogP contribution in [0.1, 0.15) is 25.6 Å². The molecule has 5 nitrogen and oxygen atoms in total. The standard InChI is InChI=1S/C8H13N3O2S/c1-5(2)7-9-8(14-10-7)11-3-6(12)4-13-11/h5-6,12H,3-4H2,1-2H3. The van der Waals surface area contributed by atoms with E-state index in [0.717, 1.165) is 11.0 Å². The molecule has 1 aromatic rings. The minimum Gasteiger partial charge on any atom is -0.389 e. The molecule has 1 aliphatic rings. The quantitative estimate of drug-likeness (QED) is 0.789. The molecule has 0 spiro atoms. The fourth-order valence-electron chi connectivity index (χ4n) is 1.17. The monoisotopic (exact) mass is 215 g/mol. The average Bonchev–Trinajstić information content (AvgIpc) is 2.70. The van der Waals surface area contributed by atoms with E-state index in [-0.39, 0.29) is 0 Å². The highest BCUT2D eigenvalue weighted by molar-refractivity contribution is 7.09. The molecule has 1 aromatic heterocycles. The maximum Gasteiger partial charge on any atom is 0.229 e. The zero-order valence-corrected chi connectivity index (χ0v) is 8.99. The van der Waals surface area contributed by atoms with Crippen molar-refractivity contribution in [1.82, 2.24) is 9.36 Å². The molecule has 0 amide bonds. The van der Waals surface area contributed by atoms with E-state index in [1.807, 2.05) is 13.8 Å². The summed E-state index contributed by atoms with van der Waals surface area (Å²) in [4.78, 5) is 9.56. The summed E-state index contributed by atoms with van der Waals surface area (Å²) in [5.41, 5.74) is 0. The highest BCUT2D eigenvalue weighted by Gasteiger charge is 2.24. The maximum absolute atomic E-state index is 9.27. The lowest BCUT2D eigenvalue weighted by molar-refractivity contribution is 0.116. The van der Waals surface area contributed by atoms with E-state index in [1.165, 1.54) is 11.5 Å². The number of anilines is 1. The molecule has 1 N–H and O–H groups in total. The fourth-order valence-corrected chi connectivity index (χ4v) is 1.95. The molecule has 1 aliphatic heterocycles. The fraction of sp³-hybridized carbons (Fsp3) is 0.750. The first-order chi connectivity index (χ1) is 6.66. The summed E-state index contributed by atoms with van der Waals surface area (Å²) in [6, 6.07) is 0. The first-order valence-corrected chi connectivity index (χ1v) is 5.36. The average molecular weight is 215 g/mol. The van der Waals surface area contributed by atoms with E-state index < -0.39 is 6.10 Å². The van der Waals surface area contributed by atoms with Crippen LogP contribution in [0.5, 0.6) is 0 Å². The Hall–Kier alpha value is -0.720. The van der Waals surface area contributed by atoms with Gasteiger partial charge >= 0.3 is 0 Å². The van der Waals surface area contributed by atoms with Crippen molar-refractivity contribution in [2.75, 3.05) is 18.2 Å². The van der Waals surface area contributed by atoms with E-state index in [1.54, 1.807) is 5.06 Å². The van der Waals surface area contributed by atoms with Crippen molar-refractivity contribution in [3.8, 4) is 0 Å². The Kier molecular flexibility index (Phi) is 2.66. The lowest BCUT2D eigenvalue weighted by atomic mass is 10.2. The zero-order valence-electron chi connectivity index (χ0n) is 8.17. The van der Waals surface area contributed by atoms with Crippen molar-refractivity contribution in [2.24, 2.45) is 0 Å². The van der Waals surface area contributed by atoms with Gasteiger partial charge in [0, 0.05) is 17.5 Å². The molecule has 6 heteroatoms. The lowest BCUT2D eigenvalue weighted by Crippen LogP contribution is -2.19. The topological polar surface area (TPSA) is 58.5 Å². The third-order valence-electron chi connectivity index (χ3n) is 1.96. The molecular weight excluding hydrogens is 202 g/mol. The predicted molar refractivity (Wildman–Crippen MR) is 53.3 cm³/mol. The van der Waals surface area contributed by atoms with Crippen LogP contribution in [0.4, 0.5) is 5.13 Å². The van der Waals surface area contributed by atoms with Crippen LogP contribution in [0, 0.1) is 0 Å². The summed E-state index contributed by atoms with van der Waals surface area (Å²) in [5.74, 6) is 1.16. The zero-order chi connectivity index (χ0) is 10.1. The summed E-state index contributed by atoms with van der Waals surface area (Å²) in [7, 11) is 0. The number of β-amino-alcohol motifs (C(OH)–C–C–N with tert-alkyl or cyclic N) is 1. The maximum atomic E-state index is 9.27. The molecule has 0 saturated carbocycles. The number of aromatic nitrogens is 2. The van der Waals surface area contributed by atoms with Crippen LogP contribution in [0.3, 0.4) is 0 Å². The van der Waals surface area contributed by atoms with Gasteiger partial charge in [-0.05, 0) is 0 Å². The van der Waals surface area contributed by atoms with E-state index >= 15 is 0 Å². The Bertz CT molecular complexity index is 315. The van der Waals surface area contributed by atoms with Gasteiger partial charge in [0.2, 0.25) is 5.13 Å². The van der Waals surface area contributed by atoms with Crippen LogP contribution in [-0.2, 0) is 4.84 Å². The van der Waals surface area contributed by atoms with E-state index in [4.69, 9.17) is 4.84 Å². The van der Waals surface area contributed by atoms with Crippen LogP contribution >= 0.6 is 11.5 Å². The summed E-state index contributed by atoms with van der Waals surface area (Å²) in [5, 5.41) is 11.6. The molecule has 0 aromatic carbocycles. The predicted octanol–water partition coefficient (Wildman–Crippen LogP) is 0.774. The third-order valence-corrected chi connectivity index (χ3v) is 2.70. The van der Waals surface area contributed by atoms with Crippen molar-refractivity contribution >= 4 is 16.7 Å². The second kappa shape index (κ2) is 3.80. The molecule has 1 saturated heterocycles. The summed E-state index contributed by atoms with van der Waals surface area (Å²) in [6.07, 6.45) is -0.415. The number of rotatable bonds is 2. The number of aliphatic hydroxyl groups excluding tert-OH is 1. The van der Waals surface area contributed by atoms with Gasteiger partial charge in [0.15, 0.2) is 0 Å². The van der Waals surface area contributed by atoms with Crippen LogP contribution in [0.2, 0.25) is 0 Å². The highest BCUT2D eigenvalue weighted by atomic mass is 32.1. The van der Waals surface area contributed by atoms with Crippen LogP contribution in [0.15, 0.2) is 0 Å². The SMILES string of the molecule is CC(C)c1nsc(N2CC(O)CO2)n1. The van der Waals surface area contributed by atoms with Crippen molar-refractivity contribution in [2.45, 2.75) is 25.9 Å². The van der Waals surface area contributed by atoms with Gasteiger partial charge < -0.3 is 5.11 Å². The Labute approximate surface area is 86.5 Å². The normalized spacial score (nSPS) is 22.3. The van der Waals surface area contributed by atoms with Crippen LogP contribution in [0.25, 0.3) is 0 Å². The molecule has 1 fully saturated rings. The van der Waals surface area contributed by atoms with Gasteiger partial charge in [-0.3, -0.25) is 4.84 Å².